The van der Waals surface area contributed by atoms with Crippen molar-refractivity contribution in [2.75, 3.05) is 33.3 Å². The number of likely N-dealkylation sites (N-methyl/N-ethyl adjacent to an activating group) is 1. The van der Waals surface area contributed by atoms with Crippen LogP contribution in [0.3, 0.4) is 0 Å². The van der Waals surface area contributed by atoms with Crippen molar-refractivity contribution in [2.24, 2.45) is 0 Å². The molecule has 2 aliphatic heterocycles. The van der Waals surface area contributed by atoms with Gasteiger partial charge in [-0.2, -0.15) is 0 Å². The second-order valence-corrected chi connectivity index (χ2v) is 4.85. The van der Waals surface area contributed by atoms with E-state index in [1.165, 1.54) is 51.7 Å². The molecule has 2 atom stereocenters. The van der Waals surface area contributed by atoms with Gasteiger partial charge in [-0.05, 0) is 45.7 Å². The van der Waals surface area contributed by atoms with Crippen molar-refractivity contribution in [3.05, 3.63) is 0 Å². The molecule has 0 radical (unpaired) electrons. The summed E-state index contributed by atoms with van der Waals surface area (Å²) in [4.78, 5) is 2.59. The molecule has 0 aromatic rings. The molecule has 2 aliphatic rings. The second-order valence-electron chi connectivity index (χ2n) is 4.85. The molecule has 0 bridgehead atoms. The molecule has 2 fully saturated rings. The van der Waals surface area contributed by atoms with Gasteiger partial charge in [0.1, 0.15) is 0 Å². The van der Waals surface area contributed by atoms with Gasteiger partial charge in [0.05, 0.1) is 6.10 Å². The molecule has 3 heteroatoms. The van der Waals surface area contributed by atoms with E-state index in [0.29, 0.717) is 12.1 Å². The molecule has 88 valence electrons. The van der Waals surface area contributed by atoms with Crippen LogP contribution in [0.1, 0.15) is 32.1 Å². The Balaban J connectivity index is 1.65. The molecule has 0 saturated carbocycles. The summed E-state index contributed by atoms with van der Waals surface area (Å²) in [6, 6.07) is 0.711. The highest BCUT2D eigenvalue weighted by atomic mass is 16.5. The summed E-state index contributed by atoms with van der Waals surface area (Å²) in [5.41, 5.74) is 0. The van der Waals surface area contributed by atoms with Gasteiger partial charge in [-0.15, -0.1) is 0 Å². The van der Waals surface area contributed by atoms with Crippen molar-refractivity contribution in [1.29, 1.82) is 0 Å². The fraction of sp³-hybridized carbons (Fsp3) is 1.00. The van der Waals surface area contributed by atoms with Crippen molar-refractivity contribution in [2.45, 2.75) is 44.2 Å². The number of rotatable bonds is 4. The number of piperidine rings is 1. The topological polar surface area (TPSA) is 24.5 Å². The predicted octanol–water partition coefficient (Wildman–Crippen LogP) is 1.24. The maximum atomic E-state index is 5.65. The monoisotopic (exact) mass is 212 g/mol. The van der Waals surface area contributed by atoms with Crippen LogP contribution < -0.4 is 5.32 Å². The van der Waals surface area contributed by atoms with E-state index in [-0.39, 0.29) is 0 Å². The minimum atomic E-state index is 0.556. The zero-order chi connectivity index (χ0) is 10.5. The lowest BCUT2D eigenvalue weighted by atomic mass is 10.1. The minimum absolute atomic E-state index is 0.556. The Hall–Kier alpha value is -0.120. The Bertz CT molecular complexity index is 180. The number of likely N-dealkylation sites (tertiary alicyclic amines) is 1. The first-order valence-electron chi connectivity index (χ1n) is 6.39. The van der Waals surface area contributed by atoms with Crippen LogP contribution in [-0.4, -0.2) is 50.3 Å². The highest BCUT2D eigenvalue weighted by Crippen LogP contribution is 2.17. The normalized spacial score (nSPS) is 33.4. The third-order valence-corrected chi connectivity index (χ3v) is 3.71. The lowest BCUT2D eigenvalue weighted by Crippen LogP contribution is -2.45. The minimum Gasteiger partial charge on any atom is -0.378 e. The first-order chi connectivity index (χ1) is 7.38. The third-order valence-electron chi connectivity index (χ3n) is 3.71. The van der Waals surface area contributed by atoms with Gasteiger partial charge in [-0.3, -0.25) is 0 Å². The molecule has 2 saturated heterocycles. The molecular weight excluding hydrogens is 188 g/mol. The summed E-state index contributed by atoms with van der Waals surface area (Å²) in [6.07, 6.45) is 7.02. The second kappa shape index (κ2) is 5.83. The standard InChI is InChI=1S/C12H24N2O/c1-13-11-4-2-7-14(10-11)8-6-12-5-3-9-15-12/h11-13H,2-10H2,1H3. The molecule has 1 N–H and O–H groups in total. The van der Waals surface area contributed by atoms with Crippen LogP contribution in [0.2, 0.25) is 0 Å². The van der Waals surface area contributed by atoms with Gasteiger partial charge in [0, 0.05) is 25.7 Å². The average Bonchev–Trinajstić information content (AvgIpc) is 2.79. The molecule has 0 amide bonds. The number of nitrogens with zero attached hydrogens (tertiary/aromatic N) is 1. The van der Waals surface area contributed by atoms with Crippen LogP contribution in [0.15, 0.2) is 0 Å². The summed E-state index contributed by atoms with van der Waals surface area (Å²) in [7, 11) is 2.08. The molecule has 0 aromatic carbocycles. The van der Waals surface area contributed by atoms with Crippen molar-refractivity contribution in [3.8, 4) is 0 Å². The number of ether oxygens (including phenoxy) is 1. The van der Waals surface area contributed by atoms with E-state index in [4.69, 9.17) is 4.74 Å². The van der Waals surface area contributed by atoms with Gasteiger partial charge in [0.25, 0.3) is 0 Å². The summed E-state index contributed by atoms with van der Waals surface area (Å²) in [5.74, 6) is 0. The van der Waals surface area contributed by atoms with Crippen molar-refractivity contribution < 1.29 is 4.74 Å². The molecule has 0 spiro atoms. The summed E-state index contributed by atoms with van der Waals surface area (Å²) >= 11 is 0. The Labute approximate surface area is 93.2 Å². The maximum absolute atomic E-state index is 5.65. The predicted molar refractivity (Wildman–Crippen MR) is 62.1 cm³/mol. The average molecular weight is 212 g/mol. The smallest absolute Gasteiger partial charge is 0.0588 e. The molecule has 2 heterocycles. The molecule has 3 nitrogen and oxygen atoms in total. The molecule has 2 rings (SSSR count). The number of hydrogen-bond donors (Lipinski definition) is 1. The Morgan fingerprint density at radius 3 is 3.00 bits per heavy atom. The quantitative estimate of drug-likeness (QED) is 0.759. The fourth-order valence-corrected chi connectivity index (χ4v) is 2.69. The van der Waals surface area contributed by atoms with Gasteiger partial charge < -0.3 is 15.0 Å². The summed E-state index contributed by atoms with van der Waals surface area (Å²) < 4.78 is 5.65. The van der Waals surface area contributed by atoms with E-state index in [0.717, 1.165) is 6.61 Å². The van der Waals surface area contributed by atoms with Crippen molar-refractivity contribution >= 4 is 0 Å². The van der Waals surface area contributed by atoms with Crippen LogP contribution in [0.25, 0.3) is 0 Å². The Morgan fingerprint density at radius 1 is 1.33 bits per heavy atom. The first kappa shape index (κ1) is 11.4. The van der Waals surface area contributed by atoms with Crippen molar-refractivity contribution in [3.63, 3.8) is 0 Å². The molecule has 15 heavy (non-hydrogen) atoms. The lowest BCUT2D eigenvalue weighted by molar-refractivity contribution is 0.0861. The zero-order valence-electron chi connectivity index (χ0n) is 9.87. The van der Waals surface area contributed by atoms with E-state index >= 15 is 0 Å². The number of nitrogens with one attached hydrogen (secondary N) is 1. The molecule has 0 aliphatic carbocycles. The van der Waals surface area contributed by atoms with Crippen LogP contribution in [0.4, 0.5) is 0 Å². The van der Waals surface area contributed by atoms with E-state index in [1.807, 2.05) is 0 Å². The first-order valence-corrected chi connectivity index (χ1v) is 6.39. The molecule has 0 aromatic heterocycles. The van der Waals surface area contributed by atoms with Crippen LogP contribution in [0, 0.1) is 0 Å². The van der Waals surface area contributed by atoms with Gasteiger partial charge in [0.15, 0.2) is 0 Å². The SMILES string of the molecule is CNC1CCCN(CCC2CCCO2)C1. The van der Waals surface area contributed by atoms with E-state index in [9.17, 15) is 0 Å². The Kier molecular flexibility index (Phi) is 4.42. The highest BCUT2D eigenvalue weighted by Gasteiger charge is 2.20. The van der Waals surface area contributed by atoms with Gasteiger partial charge in [-0.1, -0.05) is 0 Å². The summed E-state index contributed by atoms with van der Waals surface area (Å²) in [6.45, 7) is 4.72. The van der Waals surface area contributed by atoms with E-state index in [1.54, 1.807) is 0 Å². The summed E-state index contributed by atoms with van der Waals surface area (Å²) in [5, 5.41) is 3.39. The van der Waals surface area contributed by atoms with Crippen molar-refractivity contribution in [1.82, 2.24) is 10.2 Å². The molecular formula is C12H24N2O. The van der Waals surface area contributed by atoms with Gasteiger partial charge in [-0.25, -0.2) is 0 Å². The maximum Gasteiger partial charge on any atom is 0.0588 e. The lowest BCUT2D eigenvalue weighted by Gasteiger charge is -2.32. The largest absolute Gasteiger partial charge is 0.378 e. The van der Waals surface area contributed by atoms with Crippen LogP contribution >= 0.6 is 0 Å². The van der Waals surface area contributed by atoms with Gasteiger partial charge in [0.2, 0.25) is 0 Å². The molecule has 2 unspecified atom stereocenters. The third kappa shape index (κ3) is 3.44. The van der Waals surface area contributed by atoms with E-state index in [2.05, 4.69) is 17.3 Å². The van der Waals surface area contributed by atoms with Gasteiger partial charge >= 0.3 is 0 Å². The zero-order valence-corrected chi connectivity index (χ0v) is 9.87. The fourth-order valence-electron chi connectivity index (χ4n) is 2.69. The number of hydrogen-bond acceptors (Lipinski definition) is 3. The van der Waals surface area contributed by atoms with Crippen LogP contribution in [0.5, 0.6) is 0 Å². The highest BCUT2D eigenvalue weighted by molar-refractivity contribution is 4.78. The van der Waals surface area contributed by atoms with E-state index < -0.39 is 0 Å². The van der Waals surface area contributed by atoms with Crippen LogP contribution in [-0.2, 0) is 4.74 Å². The Morgan fingerprint density at radius 2 is 2.27 bits per heavy atom.